The summed E-state index contributed by atoms with van der Waals surface area (Å²) >= 11 is 0. The number of hydrogen-bond acceptors (Lipinski definition) is 8. The monoisotopic (exact) mass is 333 g/mol. The summed E-state index contributed by atoms with van der Waals surface area (Å²) in [5.74, 6) is 2.05. The van der Waals surface area contributed by atoms with E-state index in [1.807, 2.05) is 0 Å². The number of rotatable bonds is 3. The Morgan fingerprint density at radius 2 is 1.62 bits per heavy atom. The normalized spacial score (nSPS) is 29.2. The zero-order valence-electron chi connectivity index (χ0n) is 14.3. The van der Waals surface area contributed by atoms with E-state index in [0.29, 0.717) is 12.2 Å². The molecule has 0 spiro atoms. The molecule has 8 nitrogen and oxygen atoms in total. The molecule has 2 unspecified atom stereocenters. The van der Waals surface area contributed by atoms with Gasteiger partial charge in [-0.1, -0.05) is 0 Å². The number of hydrazine groups is 1. The number of nitrogens with one attached hydrogen (secondary N) is 2. The molecule has 4 heterocycles. The second-order valence-electron chi connectivity index (χ2n) is 6.80. The highest BCUT2D eigenvalue weighted by Crippen LogP contribution is 2.21. The van der Waals surface area contributed by atoms with Crippen molar-refractivity contribution >= 4 is 11.6 Å². The van der Waals surface area contributed by atoms with Crippen LogP contribution in [0.2, 0.25) is 0 Å². The molecule has 0 aromatic carbocycles. The Kier molecular flexibility index (Phi) is 4.79. The summed E-state index contributed by atoms with van der Waals surface area (Å²) in [4.78, 5) is 16.1. The van der Waals surface area contributed by atoms with Gasteiger partial charge in [-0.3, -0.25) is 10.3 Å². The number of nitrogens with zero attached hydrogens (tertiary/aromatic N) is 5. The van der Waals surface area contributed by atoms with E-state index < -0.39 is 0 Å². The van der Waals surface area contributed by atoms with E-state index in [9.17, 15) is 0 Å². The molecular weight excluding hydrogens is 306 g/mol. The molecule has 1 aromatic rings. The maximum atomic E-state index is 5.42. The molecule has 4 rings (SSSR count). The molecule has 2 N–H and O–H groups in total. The first-order valence-electron chi connectivity index (χ1n) is 8.94. The molecule has 0 saturated carbocycles. The number of aromatic nitrogens is 2. The van der Waals surface area contributed by atoms with Crippen LogP contribution in [-0.2, 0) is 4.74 Å². The summed E-state index contributed by atoms with van der Waals surface area (Å²) in [6, 6.07) is 2.67. The van der Waals surface area contributed by atoms with E-state index in [1.54, 1.807) is 6.33 Å². The minimum absolute atomic E-state index is 0.455. The van der Waals surface area contributed by atoms with Gasteiger partial charge in [0.05, 0.1) is 19.4 Å². The molecule has 8 heteroatoms. The average Bonchev–Trinajstić information content (AvgIpc) is 3.09. The molecule has 2 atom stereocenters. The lowest BCUT2D eigenvalue weighted by atomic mass is 10.2. The Bertz CT molecular complexity index is 543. The summed E-state index contributed by atoms with van der Waals surface area (Å²) in [7, 11) is 0. The van der Waals surface area contributed by atoms with Crippen molar-refractivity contribution in [1.29, 1.82) is 0 Å². The second-order valence-corrected chi connectivity index (χ2v) is 6.80. The maximum absolute atomic E-state index is 5.42. The van der Waals surface area contributed by atoms with Crippen LogP contribution >= 0.6 is 0 Å². The molecule has 3 saturated heterocycles. The van der Waals surface area contributed by atoms with E-state index in [0.717, 1.165) is 70.5 Å². The van der Waals surface area contributed by atoms with Crippen LogP contribution in [0.3, 0.4) is 0 Å². The fourth-order valence-electron chi connectivity index (χ4n) is 3.67. The molecule has 0 radical (unpaired) electrons. The van der Waals surface area contributed by atoms with Gasteiger partial charge in [0.15, 0.2) is 0 Å². The summed E-state index contributed by atoms with van der Waals surface area (Å²) in [5.41, 5.74) is 6.71. The second kappa shape index (κ2) is 7.18. The molecule has 1 aromatic heterocycles. The zero-order chi connectivity index (χ0) is 16.4. The molecule has 24 heavy (non-hydrogen) atoms. The fraction of sp³-hybridized carbons (Fsp3) is 0.750. The largest absolute Gasteiger partial charge is 0.378 e. The quantitative estimate of drug-likeness (QED) is 0.778. The third-order valence-corrected chi connectivity index (χ3v) is 5.13. The highest BCUT2D eigenvalue weighted by atomic mass is 16.5. The van der Waals surface area contributed by atoms with Crippen molar-refractivity contribution in [2.24, 2.45) is 0 Å². The van der Waals surface area contributed by atoms with Crippen molar-refractivity contribution in [2.45, 2.75) is 25.6 Å². The Labute approximate surface area is 143 Å². The number of ether oxygens (including phenoxy) is 1. The third kappa shape index (κ3) is 3.46. The molecule has 0 bridgehead atoms. The highest BCUT2D eigenvalue weighted by molar-refractivity contribution is 5.50. The van der Waals surface area contributed by atoms with Crippen LogP contribution in [0.15, 0.2) is 12.4 Å². The first kappa shape index (κ1) is 16.0. The predicted octanol–water partition coefficient (Wildman–Crippen LogP) is -0.352. The molecule has 3 aliphatic rings. The van der Waals surface area contributed by atoms with Gasteiger partial charge in [-0.2, -0.15) is 0 Å². The van der Waals surface area contributed by atoms with Crippen molar-refractivity contribution in [1.82, 2.24) is 25.7 Å². The average molecular weight is 333 g/mol. The van der Waals surface area contributed by atoms with Gasteiger partial charge in [-0.05, 0) is 13.3 Å². The van der Waals surface area contributed by atoms with Gasteiger partial charge < -0.3 is 14.5 Å². The van der Waals surface area contributed by atoms with E-state index >= 15 is 0 Å². The lowest BCUT2D eigenvalue weighted by molar-refractivity contribution is 0.122. The van der Waals surface area contributed by atoms with Gasteiger partial charge in [-0.25, -0.2) is 15.4 Å². The van der Waals surface area contributed by atoms with Crippen LogP contribution in [0.1, 0.15) is 13.3 Å². The minimum Gasteiger partial charge on any atom is -0.378 e. The maximum Gasteiger partial charge on any atom is 0.134 e. The first-order valence-corrected chi connectivity index (χ1v) is 8.94. The van der Waals surface area contributed by atoms with Crippen molar-refractivity contribution in [2.75, 3.05) is 62.3 Å². The van der Waals surface area contributed by atoms with E-state index in [1.165, 1.54) is 0 Å². The molecule has 3 aliphatic heterocycles. The Balaban J connectivity index is 1.37. The van der Waals surface area contributed by atoms with Crippen molar-refractivity contribution in [3.8, 4) is 0 Å². The SMILES string of the molecule is CC1CC(N2CCN(c3cc(N4CCOCC4)ncn3)CC2)NN1. The van der Waals surface area contributed by atoms with Gasteiger partial charge in [0.25, 0.3) is 0 Å². The van der Waals surface area contributed by atoms with E-state index in [-0.39, 0.29) is 0 Å². The van der Waals surface area contributed by atoms with Crippen molar-refractivity contribution in [3.05, 3.63) is 12.4 Å². The lowest BCUT2D eigenvalue weighted by Gasteiger charge is -2.38. The number of anilines is 2. The number of piperazine rings is 1. The van der Waals surface area contributed by atoms with Crippen LogP contribution in [0, 0.1) is 0 Å². The smallest absolute Gasteiger partial charge is 0.134 e. The summed E-state index contributed by atoms with van der Waals surface area (Å²) in [6.45, 7) is 9.71. The standard InChI is InChI=1S/C16H27N7O/c1-13-10-16(20-19-13)22-4-2-21(3-5-22)14-11-15(18-12-17-14)23-6-8-24-9-7-23/h11-13,16,19-20H,2-10H2,1H3. The number of hydrogen-bond donors (Lipinski definition) is 2. The fourth-order valence-corrected chi connectivity index (χ4v) is 3.67. The summed E-state index contributed by atoms with van der Waals surface area (Å²) < 4.78 is 5.42. The Morgan fingerprint density at radius 1 is 0.958 bits per heavy atom. The van der Waals surface area contributed by atoms with E-state index in [2.05, 4.69) is 48.5 Å². The van der Waals surface area contributed by atoms with Gasteiger partial charge in [0.1, 0.15) is 18.0 Å². The predicted molar refractivity (Wildman–Crippen MR) is 93.0 cm³/mol. The third-order valence-electron chi connectivity index (χ3n) is 5.13. The van der Waals surface area contributed by atoms with Crippen LogP contribution in [-0.4, -0.2) is 79.6 Å². The molecule has 3 fully saturated rings. The van der Waals surface area contributed by atoms with Crippen LogP contribution in [0.4, 0.5) is 11.6 Å². The molecule has 132 valence electrons. The lowest BCUT2D eigenvalue weighted by Crippen LogP contribution is -2.54. The highest BCUT2D eigenvalue weighted by Gasteiger charge is 2.29. The number of morpholine rings is 1. The molecule has 0 amide bonds. The first-order chi connectivity index (χ1) is 11.8. The van der Waals surface area contributed by atoms with Crippen LogP contribution in [0.25, 0.3) is 0 Å². The zero-order valence-corrected chi connectivity index (χ0v) is 14.3. The van der Waals surface area contributed by atoms with Crippen LogP contribution < -0.4 is 20.7 Å². The van der Waals surface area contributed by atoms with Crippen LogP contribution in [0.5, 0.6) is 0 Å². The van der Waals surface area contributed by atoms with Gasteiger partial charge >= 0.3 is 0 Å². The van der Waals surface area contributed by atoms with Crippen molar-refractivity contribution in [3.63, 3.8) is 0 Å². The summed E-state index contributed by atoms with van der Waals surface area (Å²) in [6.07, 6.45) is 3.31. The Morgan fingerprint density at radius 3 is 2.25 bits per heavy atom. The molecular formula is C16H27N7O. The van der Waals surface area contributed by atoms with Gasteiger partial charge in [0, 0.05) is 51.4 Å². The van der Waals surface area contributed by atoms with Gasteiger partial charge in [0.2, 0.25) is 0 Å². The Hall–Kier alpha value is -1.48. The van der Waals surface area contributed by atoms with Gasteiger partial charge in [-0.15, -0.1) is 0 Å². The van der Waals surface area contributed by atoms with Crippen molar-refractivity contribution < 1.29 is 4.74 Å². The summed E-state index contributed by atoms with van der Waals surface area (Å²) in [5, 5.41) is 0. The minimum atomic E-state index is 0.455. The van der Waals surface area contributed by atoms with E-state index in [4.69, 9.17) is 4.74 Å². The topological polar surface area (TPSA) is 68.8 Å². The molecule has 0 aliphatic carbocycles.